The normalized spacial score (nSPS) is 10.9. The Morgan fingerprint density at radius 1 is 1.05 bits per heavy atom. The quantitative estimate of drug-likeness (QED) is 0.160. The highest BCUT2D eigenvalue weighted by atomic mass is 32.1. The summed E-state index contributed by atoms with van der Waals surface area (Å²) in [6.07, 6.45) is 0.869. The topological polar surface area (TPSA) is 134 Å². The fourth-order valence-corrected chi connectivity index (χ4v) is 5.77. The first-order chi connectivity index (χ1) is 19.4. The molecule has 3 amide bonds. The number of carbonyl (C=O) groups is 2. The van der Waals surface area contributed by atoms with Gasteiger partial charge in [0.15, 0.2) is 5.13 Å². The number of amides is 3. The fourth-order valence-electron chi connectivity index (χ4n) is 3.96. The van der Waals surface area contributed by atoms with Crippen molar-refractivity contribution in [2.24, 2.45) is 0 Å². The number of methoxy groups -OCH3 is 1. The van der Waals surface area contributed by atoms with E-state index in [0.29, 0.717) is 44.4 Å². The lowest BCUT2D eigenvalue weighted by Gasteiger charge is -2.17. The Morgan fingerprint density at radius 3 is 2.62 bits per heavy atom. The van der Waals surface area contributed by atoms with E-state index in [4.69, 9.17) is 15.5 Å². The van der Waals surface area contributed by atoms with Crippen molar-refractivity contribution >= 4 is 51.2 Å². The minimum absolute atomic E-state index is 0.236. The molecule has 4 aromatic rings. The van der Waals surface area contributed by atoms with Gasteiger partial charge in [-0.3, -0.25) is 10.1 Å². The van der Waals surface area contributed by atoms with Crippen LogP contribution in [0.1, 0.15) is 30.6 Å². The summed E-state index contributed by atoms with van der Waals surface area (Å²) in [5.41, 5.74) is 8.90. The van der Waals surface area contributed by atoms with E-state index in [0.717, 1.165) is 37.3 Å². The van der Waals surface area contributed by atoms with Crippen molar-refractivity contribution in [3.05, 3.63) is 59.5 Å². The van der Waals surface area contributed by atoms with Crippen LogP contribution in [-0.2, 0) is 0 Å². The second-order valence-corrected chi connectivity index (χ2v) is 10.7. The van der Waals surface area contributed by atoms with Crippen LogP contribution < -0.4 is 26.4 Å². The average Bonchev–Trinajstić information content (AvgIpc) is 3.60. The van der Waals surface area contributed by atoms with Gasteiger partial charge in [0.2, 0.25) is 0 Å². The van der Waals surface area contributed by atoms with Gasteiger partial charge < -0.3 is 26.0 Å². The molecule has 10 nitrogen and oxygen atoms in total. The molecule has 0 fully saturated rings. The number of ether oxygens (including phenoxy) is 1. The van der Waals surface area contributed by atoms with Crippen molar-refractivity contribution in [2.45, 2.75) is 20.3 Å². The summed E-state index contributed by atoms with van der Waals surface area (Å²) < 4.78 is 5.21. The van der Waals surface area contributed by atoms with Crippen molar-refractivity contribution in [2.75, 3.05) is 49.7 Å². The van der Waals surface area contributed by atoms with Crippen LogP contribution in [0.4, 0.5) is 21.4 Å². The lowest BCUT2D eigenvalue weighted by molar-refractivity contribution is 0.102. The molecule has 12 heteroatoms. The van der Waals surface area contributed by atoms with Gasteiger partial charge in [0.1, 0.15) is 21.5 Å². The van der Waals surface area contributed by atoms with E-state index in [1.807, 2.05) is 29.6 Å². The Morgan fingerprint density at radius 2 is 1.85 bits per heavy atom. The molecular weight excluding hydrogens is 546 g/mol. The summed E-state index contributed by atoms with van der Waals surface area (Å²) in [4.78, 5) is 37.1. The molecule has 0 radical (unpaired) electrons. The Bertz CT molecular complexity index is 1450. The lowest BCUT2D eigenvalue weighted by atomic mass is 10.1. The first kappa shape index (κ1) is 29.0. The summed E-state index contributed by atoms with van der Waals surface area (Å²) in [5.74, 6) is 0.686. The lowest BCUT2D eigenvalue weighted by Crippen LogP contribution is -2.32. The molecule has 0 atom stereocenters. The van der Waals surface area contributed by atoms with Gasteiger partial charge in [-0.25, -0.2) is 14.8 Å². The number of hydrogen-bond donors (Lipinski definition) is 4. The molecule has 5 N–H and O–H groups in total. The Labute approximate surface area is 241 Å². The predicted molar refractivity (Wildman–Crippen MR) is 163 cm³/mol. The summed E-state index contributed by atoms with van der Waals surface area (Å²) in [7, 11) is 1.56. The van der Waals surface area contributed by atoms with E-state index in [9.17, 15) is 9.59 Å². The smallest absolute Gasteiger partial charge is 0.321 e. The molecular formula is C28H33N7O3S2. The van der Waals surface area contributed by atoms with E-state index in [1.165, 1.54) is 22.7 Å². The van der Waals surface area contributed by atoms with Gasteiger partial charge in [0, 0.05) is 28.7 Å². The Hall–Kier alpha value is -4.00. The van der Waals surface area contributed by atoms with Gasteiger partial charge in [-0.1, -0.05) is 43.4 Å². The van der Waals surface area contributed by atoms with Crippen LogP contribution in [-0.4, -0.2) is 60.1 Å². The number of benzene rings is 2. The van der Waals surface area contributed by atoms with E-state index in [-0.39, 0.29) is 11.9 Å². The number of anilines is 3. The van der Waals surface area contributed by atoms with Gasteiger partial charge >= 0.3 is 6.03 Å². The molecule has 0 saturated heterocycles. The summed E-state index contributed by atoms with van der Waals surface area (Å²) >= 11 is 2.71. The van der Waals surface area contributed by atoms with Crippen molar-refractivity contribution in [1.82, 2.24) is 20.2 Å². The number of nitrogens with two attached hydrogens (primary N) is 1. The van der Waals surface area contributed by atoms with Gasteiger partial charge in [-0.2, -0.15) is 0 Å². The number of aromatic nitrogens is 2. The zero-order valence-electron chi connectivity index (χ0n) is 22.7. The number of hydrogen-bond acceptors (Lipinski definition) is 9. The third kappa shape index (κ3) is 7.56. The third-order valence-corrected chi connectivity index (χ3v) is 8.13. The highest BCUT2D eigenvalue weighted by molar-refractivity contribution is 7.23. The molecule has 4 rings (SSSR count). The van der Waals surface area contributed by atoms with Crippen LogP contribution in [0.5, 0.6) is 5.75 Å². The van der Waals surface area contributed by atoms with E-state index in [1.54, 1.807) is 31.4 Å². The predicted octanol–water partition coefficient (Wildman–Crippen LogP) is 5.63. The number of nitrogen functional groups attached to an aromatic ring is 1. The molecule has 0 aliphatic heterocycles. The zero-order valence-corrected chi connectivity index (χ0v) is 24.3. The molecule has 0 bridgehead atoms. The first-order valence-electron chi connectivity index (χ1n) is 12.9. The maximum absolute atomic E-state index is 12.7. The molecule has 2 aromatic heterocycles. The second-order valence-electron chi connectivity index (χ2n) is 8.80. The molecule has 0 saturated carbocycles. The maximum Gasteiger partial charge on any atom is 0.321 e. The summed E-state index contributed by atoms with van der Waals surface area (Å²) in [6.45, 7) is 7.75. The van der Waals surface area contributed by atoms with E-state index < -0.39 is 0 Å². The summed E-state index contributed by atoms with van der Waals surface area (Å²) in [6, 6.07) is 14.1. The number of carbonyl (C=O) groups excluding carboxylic acids is 2. The number of urea groups is 1. The van der Waals surface area contributed by atoms with Crippen LogP contribution in [0.15, 0.2) is 53.9 Å². The Kier molecular flexibility index (Phi) is 10.1. The molecule has 0 aliphatic rings. The van der Waals surface area contributed by atoms with Crippen LogP contribution >= 0.6 is 22.7 Å². The van der Waals surface area contributed by atoms with E-state index >= 15 is 0 Å². The molecule has 0 spiro atoms. The van der Waals surface area contributed by atoms with Gasteiger partial charge in [0.05, 0.1) is 12.8 Å². The number of rotatable bonds is 12. The number of thiazole rings is 2. The largest absolute Gasteiger partial charge is 0.497 e. The van der Waals surface area contributed by atoms with Crippen LogP contribution in [0.25, 0.3) is 21.1 Å². The molecule has 2 heterocycles. The Balaban J connectivity index is 1.38. The van der Waals surface area contributed by atoms with Crippen molar-refractivity contribution < 1.29 is 14.3 Å². The fraction of sp³-hybridized carbons (Fsp3) is 0.286. The van der Waals surface area contributed by atoms with E-state index in [2.05, 4.69) is 39.7 Å². The molecule has 40 heavy (non-hydrogen) atoms. The number of nitrogens with zero attached hydrogens (tertiary/aromatic N) is 3. The highest BCUT2D eigenvalue weighted by Crippen LogP contribution is 2.38. The van der Waals surface area contributed by atoms with Crippen molar-refractivity contribution in [1.29, 1.82) is 0 Å². The minimum atomic E-state index is -0.313. The monoisotopic (exact) mass is 579 g/mol. The second kappa shape index (κ2) is 13.9. The van der Waals surface area contributed by atoms with Gasteiger partial charge in [-0.05, 0) is 56.4 Å². The van der Waals surface area contributed by atoms with Crippen LogP contribution in [0, 0.1) is 0 Å². The van der Waals surface area contributed by atoms with Gasteiger partial charge in [-0.15, -0.1) is 11.3 Å². The maximum atomic E-state index is 12.7. The SMILES string of the molecule is CCN(CC)CCCNC(=O)Nc1nc(N)c(-c2nc(-c3cccc(NC(=O)c4cccc(OC)c4)c3)cs2)s1. The van der Waals surface area contributed by atoms with Crippen molar-refractivity contribution in [3.8, 4) is 26.9 Å². The zero-order chi connectivity index (χ0) is 28.5. The van der Waals surface area contributed by atoms with Crippen LogP contribution in [0.2, 0.25) is 0 Å². The number of nitrogens with one attached hydrogen (secondary N) is 3. The molecule has 0 aliphatic carbocycles. The van der Waals surface area contributed by atoms with Gasteiger partial charge in [0.25, 0.3) is 5.91 Å². The molecule has 2 aromatic carbocycles. The molecule has 210 valence electrons. The standard InChI is InChI=1S/C28H33N7O3S2/c1-4-35(5-2)14-8-13-30-27(37)34-28-33-24(29)23(40-28)26-32-22(17-39-26)18-9-6-11-20(15-18)31-25(36)19-10-7-12-21(16-19)38-3/h6-7,9-12,15-17H,4-5,8,13-14,29H2,1-3H3,(H,31,36)(H2,30,33,34,37). The summed E-state index contributed by atoms with van der Waals surface area (Å²) in [5, 5.41) is 11.6. The van der Waals surface area contributed by atoms with Crippen molar-refractivity contribution in [3.63, 3.8) is 0 Å². The molecule has 0 unspecified atom stereocenters. The highest BCUT2D eigenvalue weighted by Gasteiger charge is 2.17. The first-order valence-corrected chi connectivity index (χ1v) is 14.6. The average molecular weight is 580 g/mol. The third-order valence-electron chi connectivity index (χ3n) is 6.15. The minimum Gasteiger partial charge on any atom is -0.497 e. The van der Waals surface area contributed by atoms with Crippen LogP contribution in [0.3, 0.4) is 0 Å².